The lowest BCUT2D eigenvalue weighted by molar-refractivity contribution is 0.00610. The summed E-state index contributed by atoms with van der Waals surface area (Å²) in [6.07, 6.45) is 4.64. The Bertz CT molecular complexity index is 838. The Labute approximate surface area is 180 Å². The largest absolute Gasteiger partial charge is 0.622 e. The summed E-state index contributed by atoms with van der Waals surface area (Å²) in [5.74, 6) is -0.0303. The van der Waals surface area contributed by atoms with E-state index in [1.54, 1.807) is 0 Å². The van der Waals surface area contributed by atoms with Gasteiger partial charge in [0.05, 0.1) is 12.0 Å². The Hall–Kier alpha value is -0.910. The molecule has 0 radical (unpaired) electrons. The fourth-order valence-corrected chi connectivity index (χ4v) is 6.08. The van der Waals surface area contributed by atoms with Gasteiger partial charge >= 0.3 is 11.1 Å². The first-order valence-corrected chi connectivity index (χ1v) is 12.3. The van der Waals surface area contributed by atoms with Gasteiger partial charge in [-0.25, -0.2) is 9.69 Å². The number of aryl methyl sites for hydroxylation is 1. The second-order valence-corrected chi connectivity index (χ2v) is 9.75. The first-order valence-electron chi connectivity index (χ1n) is 9.53. The van der Waals surface area contributed by atoms with Crippen molar-refractivity contribution in [2.45, 2.75) is 51.2 Å². The van der Waals surface area contributed by atoms with E-state index in [1.807, 2.05) is 23.3 Å². The Morgan fingerprint density at radius 1 is 1.43 bits per heavy atom. The Balaban J connectivity index is 1.55. The number of hydrogen-bond donors (Lipinski definition) is 0. The highest BCUT2D eigenvalue weighted by Gasteiger charge is 2.46. The van der Waals surface area contributed by atoms with Crippen LogP contribution in [0.3, 0.4) is 0 Å². The highest BCUT2D eigenvalue weighted by atomic mass is 79.9. The van der Waals surface area contributed by atoms with Gasteiger partial charge in [-0.15, -0.1) is 16.4 Å². The molecule has 0 N–H and O–H groups in total. The summed E-state index contributed by atoms with van der Waals surface area (Å²) in [6, 6.07) is 1.84. The molecule has 10 heteroatoms. The van der Waals surface area contributed by atoms with Crippen LogP contribution in [0.2, 0.25) is 0 Å². The number of nitrogens with zero attached hydrogens (tertiary/aromatic N) is 4. The van der Waals surface area contributed by atoms with Gasteiger partial charge < -0.3 is 9.94 Å². The van der Waals surface area contributed by atoms with Crippen molar-refractivity contribution in [2.24, 2.45) is 0 Å². The van der Waals surface area contributed by atoms with E-state index in [4.69, 9.17) is 4.74 Å². The van der Waals surface area contributed by atoms with E-state index in [0.29, 0.717) is 27.9 Å². The number of alkyl halides is 1. The molecular formula is C18H23BrN4O3S2. The minimum Gasteiger partial charge on any atom is -0.622 e. The highest BCUT2D eigenvalue weighted by molar-refractivity contribution is 9.09. The van der Waals surface area contributed by atoms with Gasteiger partial charge in [-0.2, -0.15) is 0 Å². The van der Waals surface area contributed by atoms with Crippen molar-refractivity contribution in [3.8, 4) is 0 Å². The van der Waals surface area contributed by atoms with E-state index in [-0.39, 0.29) is 6.67 Å². The lowest BCUT2D eigenvalue weighted by Crippen LogP contribution is -2.50. The number of hydrogen-bond acceptors (Lipinski definition) is 8. The molecule has 0 aromatic carbocycles. The second-order valence-electron chi connectivity index (χ2n) is 7.35. The summed E-state index contributed by atoms with van der Waals surface area (Å²) in [5, 5.41) is 25.6. The summed E-state index contributed by atoms with van der Waals surface area (Å²) < 4.78 is 4.92. The van der Waals surface area contributed by atoms with Gasteiger partial charge in [-0.3, -0.25) is 4.65 Å². The van der Waals surface area contributed by atoms with Crippen molar-refractivity contribution < 1.29 is 9.53 Å². The van der Waals surface area contributed by atoms with Crippen LogP contribution in [0.4, 0.5) is 5.13 Å². The van der Waals surface area contributed by atoms with Gasteiger partial charge in [0, 0.05) is 5.92 Å². The van der Waals surface area contributed by atoms with Crippen molar-refractivity contribution >= 4 is 49.7 Å². The molecule has 2 fully saturated rings. The number of carbonyl (C=O) groups is 1. The third-order valence-corrected chi connectivity index (χ3v) is 8.29. The van der Waals surface area contributed by atoms with E-state index in [0.717, 1.165) is 29.8 Å². The average Bonchev–Trinajstić information content (AvgIpc) is 3.47. The molecule has 1 saturated carbocycles. The summed E-state index contributed by atoms with van der Waals surface area (Å²) in [5.41, 5.74) is 1.63. The van der Waals surface area contributed by atoms with Crippen molar-refractivity contribution in [1.82, 2.24) is 19.7 Å². The molecule has 0 amide bonds. The molecular weight excluding hydrogens is 464 g/mol. The van der Waals surface area contributed by atoms with Gasteiger partial charge in [-0.05, 0) is 47.6 Å². The third-order valence-electron chi connectivity index (χ3n) is 5.42. The predicted octanol–water partition coefficient (Wildman–Crippen LogP) is 4.43. The standard InChI is InChI=1S/C18H23BrN4O3S2/c1-2-12-7-14(27-9-12)17(24)26-15-8-22(10-19)11-23(15,25)18-21-20-16(28-18)13-5-3-4-6-13/h7,9,13,15H,2-6,8,10-11H2,1H3. The fourth-order valence-electron chi connectivity index (χ4n) is 3.76. The monoisotopic (exact) mass is 486 g/mol. The lowest BCUT2D eigenvalue weighted by Gasteiger charge is -2.38. The molecule has 7 nitrogen and oxygen atoms in total. The van der Waals surface area contributed by atoms with Crippen LogP contribution in [0.5, 0.6) is 0 Å². The molecule has 3 heterocycles. The number of aromatic nitrogens is 2. The normalized spacial score (nSPS) is 26.2. The minimum atomic E-state index is -0.846. The van der Waals surface area contributed by atoms with Crippen molar-refractivity contribution in [1.29, 1.82) is 0 Å². The molecule has 152 valence electrons. The van der Waals surface area contributed by atoms with Crippen molar-refractivity contribution in [3.63, 3.8) is 0 Å². The van der Waals surface area contributed by atoms with E-state index in [9.17, 15) is 10.0 Å². The number of hydroxylamine groups is 2. The first-order chi connectivity index (χ1) is 13.5. The van der Waals surface area contributed by atoms with Crippen LogP contribution in [0.25, 0.3) is 0 Å². The lowest BCUT2D eigenvalue weighted by atomic mass is 10.1. The van der Waals surface area contributed by atoms with Gasteiger partial charge in [-0.1, -0.05) is 40.8 Å². The van der Waals surface area contributed by atoms with Crippen LogP contribution in [0.1, 0.15) is 58.8 Å². The minimum absolute atomic E-state index is 0.188. The molecule has 1 saturated heterocycles. The molecule has 2 atom stereocenters. The number of esters is 1. The predicted molar refractivity (Wildman–Crippen MR) is 115 cm³/mol. The topological polar surface area (TPSA) is 78.4 Å². The number of rotatable bonds is 6. The first kappa shape index (κ1) is 20.4. The van der Waals surface area contributed by atoms with Gasteiger partial charge in [0.2, 0.25) is 0 Å². The Morgan fingerprint density at radius 3 is 2.89 bits per heavy atom. The van der Waals surface area contributed by atoms with Gasteiger partial charge in [0.15, 0.2) is 0 Å². The third kappa shape index (κ3) is 3.90. The summed E-state index contributed by atoms with van der Waals surface area (Å²) in [4.78, 5) is 15.1. The van der Waals surface area contributed by atoms with Crippen LogP contribution in [-0.4, -0.2) is 46.0 Å². The average molecular weight is 487 g/mol. The number of halogens is 1. The zero-order chi connectivity index (χ0) is 19.7. The molecule has 0 bridgehead atoms. The van der Waals surface area contributed by atoms with E-state index in [2.05, 4.69) is 26.1 Å². The van der Waals surface area contributed by atoms with E-state index >= 15 is 0 Å². The highest BCUT2D eigenvalue weighted by Crippen LogP contribution is 2.41. The zero-order valence-corrected chi connectivity index (χ0v) is 18.9. The maximum atomic E-state index is 13.8. The number of quaternary nitrogens is 1. The smallest absolute Gasteiger partial charge is 0.352 e. The van der Waals surface area contributed by atoms with Crippen LogP contribution < -0.4 is 4.65 Å². The SMILES string of the molecule is CCc1csc(C(=O)OC2CN(CBr)C[N+]2([O-])c2nnc(C3CCCC3)s2)c1. The van der Waals surface area contributed by atoms with Crippen LogP contribution in [-0.2, 0) is 11.2 Å². The van der Waals surface area contributed by atoms with Crippen LogP contribution >= 0.6 is 38.6 Å². The van der Waals surface area contributed by atoms with Gasteiger partial charge in [0.1, 0.15) is 16.6 Å². The molecule has 4 rings (SSSR count). The van der Waals surface area contributed by atoms with Crippen LogP contribution in [0, 0.1) is 5.21 Å². The van der Waals surface area contributed by atoms with E-state index in [1.165, 1.54) is 35.5 Å². The summed E-state index contributed by atoms with van der Waals surface area (Å²) >= 11 is 6.15. The molecule has 1 aliphatic heterocycles. The fraction of sp³-hybridized carbons (Fsp3) is 0.611. The summed E-state index contributed by atoms with van der Waals surface area (Å²) in [7, 11) is 0. The maximum Gasteiger partial charge on any atom is 0.352 e. The molecule has 0 spiro atoms. The van der Waals surface area contributed by atoms with Crippen molar-refractivity contribution in [2.75, 3.05) is 18.7 Å². The molecule has 2 aromatic heterocycles. The molecule has 2 aromatic rings. The van der Waals surface area contributed by atoms with Crippen molar-refractivity contribution in [3.05, 3.63) is 32.1 Å². The number of thiophene rings is 1. The Kier molecular flexibility index (Phi) is 6.15. The quantitative estimate of drug-likeness (QED) is 0.197. The second kappa shape index (κ2) is 8.45. The Morgan fingerprint density at radius 2 is 2.21 bits per heavy atom. The zero-order valence-electron chi connectivity index (χ0n) is 15.7. The van der Waals surface area contributed by atoms with E-state index < -0.39 is 16.8 Å². The number of carbonyl (C=O) groups excluding carboxylic acids is 1. The van der Waals surface area contributed by atoms with Gasteiger partial charge in [0.25, 0.3) is 6.23 Å². The molecule has 2 aliphatic rings. The summed E-state index contributed by atoms with van der Waals surface area (Å²) in [6.45, 7) is 2.59. The molecule has 2 unspecified atom stereocenters. The number of ether oxygens (including phenoxy) is 1. The van der Waals surface area contributed by atoms with Crippen LogP contribution in [0.15, 0.2) is 11.4 Å². The maximum absolute atomic E-state index is 13.8. The molecule has 1 aliphatic carbocycles. The molecule has 28 heavy (non-hydrogen) atoms.